The molecule has 0 aromatic carbocycles. The maximum Gasteiger partial charge on any atom is 0.273 e. The van der Waals surface area contributed by atoms with Gasteiger partial charge in [0.15, 0.2) is 10.9 Å². The summed E-state index contributed by atoms with van der Waals surface area (Å²) in [6.07, 6.45) is 3.13. The molecule has 1 N–H and O–H groups in total. The number of likely N-dealkylation sites (tertiary alicyclic amines) is 1. The first kappa shape index (κ1) is 15.5. The van der Waals surface area contributed by atoms with Gasteiger partial charge in [0, 0.05) is 37.5 Å². The molecule has 2 aliphatic heterocycles. The molecular formula is C16H18N4O3S. The summed E-state index contributed by atoms with van der Waals surface area (Å²) in [5, 5.41) is 5.55. The first-order valence-corrected chi connectivity index (χ1v) is 8.83. The van der Waals surface area contributed by atoms with Crippen molar-refractivity contribution in [1.82, 2.24) is 14.9 Å². The van der Waals surface area contributed by atoms with Crippen molar-refractivity contribution in [1.29, 1.82) is 0 Å². The van der Waals surface area contributed by atoms with E-state index in [0.717, 1.165) is 0 Å². The number of carbonyl (C=O) groups is 1. The Morgan fingerprint density at radius 2 is 2.04 bits per heavy atom. The molecular weight excluding hydrogens is 328 g/mol. The molecule has 24 heavy (non-hydrogen) atoms. The predicted octanol–water partition coefficient (Wildman–Crippen LogP) is 2.26. The molecule has 0 aliphatic carbocycles. The van der Waals surface area contributed by atoms with E-state index in [2.05, 4.69) is 15.3 Å². The van der Waals surface area contributed by atoms with Crippen LogP contribution in [0.25, 0.3) is 0 Å². The topological polar surface area (TPSA) is 76.6 Å². The van der Waals surface area contributed by atoms with E-state index >= 15 is 0 Å². The zero-order valence-corrected chi connectivity index (χ0v) is 13.9. The summed E-state index contributed by atoms with van der Waals surface area (Å²) >= 11 is 1.40. The molecule has 4 rings (SSSR count). The van der Waals surface area contributed by atoms with Crippen molar-refractivity contribution in [2.45, 2.75) is 18.6 Å². The molecule has 1 amide bonds. The van der Waals surface area contributed by atoms with Gasteiger partial charge in [-0.2, -0.15) is 0 Å². The van der Waals surface area contributed by atoms with Crippen molar-refractivity contribution in [3.05, 3.63) is 35.5 Å². The fourth-order valence-electron chi connectivity index (χ4n) is 2.97. The van der Waals surface area contributed by atoms with Crippen LogP contribution in [0.15, 0.2) is 29.8 Å². The Hall–Kier alpha value is -2.03. The minimum atomic E-state index is -0.468. The van der Waals surface area contributed by atoms with Gasteiger partial charge in [-0.3, -0.25) is 4.79 Å². The standard InChI is InChI=1S/C16H18N4O3S/c21-14(20-7-4-16(5-8-20)22-9-10-23-16)12-11-24-15(18-12)19-13-3-1-2-6-17-13/h1-3,6,11H,4-5,7-10H2,(H,17,18,19). The minimum absolute atomic E-state index is 0.0480. The second kappa shape index (κ2) is 6.46. The monoisotopic (exact) mass is 346 g/mol. The molecule has 0 radical (unpaired) electrons. The minimum Gasteiger partial charge on any atom is -0.347 e. The van der Waals surface area contributed by atoms with Crippen molar-refractivity contribution in [2.75, 3.05) is 31.6 Å². The second-order valence-corrected chi connectivity index (χ2v) is 6.64. The van der Waals surface area contributed by atoms with E-state index in [9.17, 15) is 4.79 Å². The van der Waals surface area contributed by atoms with Crippen LogP contribution in [0.5, 0.6) is 0 Å². The highest BCUT2D eigenvalue weighted by Crippen LogP contribution is 2.32. The summed E-state index contributed by atoms with van der Waals surface area (Å²) in [6, 6.07) is 5.60. The summed E-state index contributed by atoms with van der Waals surface area (Å²) < 4.78 is 11.4. The number of aromatic nitrogens is 2. The van der Waals surface area contributed by atoms with Crippen LogP contribution in [0.3, 0.4) is 0 Å². The van der Waals surface area contributed by atoms with Crippen molar-refractivity contribution in [3.8, 4) is 0 Å². The van der Waals surface area contributed by atoms with Crippen LogP contribution in [-0.4, -0.2) is 52.9 Å². The van der Waals surface area contributed by atoms with Crippen LogP contribution >= 0.6 is 11.3 Å². The first-order valence-electron chi connectivity index (χ1n) is 7.95. The van der Waals surface area contributed by atoms with Gasteiger partial charge in [0.25, 0.3) is 5.91 Å². The van der Waals surface area contributed by atoms with Crippen LogP contribution in [0.2, 0.25) is 0 Å². The van der Waals surface area contributed by atoms with Crippen LogP contribution < -0.4 is 5.32 Å². The summed E-state index contributed by atoms with van der Waals surface area (Å²) in [6.45, 7) is 2.53. The number of hydrogen-bond acceptors (Lipinski definition) is 7. The van der Waals surface area contributed by atoms with Crippen molar-refractivity contribution < 1.29 is 14.3 Å². The molecule has 2 aromatic heterocycles. The number of nitrogens with one attached hydrogen (secondary N) is 1. The normalized spacial score (nSPS) is 19.6. The van der Waals surface area contributed by atoms with Gasteiger partial charge in [0.1, 0.15) is 11.5 Å². The van der Waals surface area contributed by atoms with Gasteiger partial charge in [-0.1, -0.05) is 6.07 Å². The predicted molar refractivity (Wildman–Crippen MR) is 89.4 cm³/mol. The Morgan fingerprint density at radius 3 is 2.75 bits per heavy atom. The van der Waals surface area contributed by atoms with E-state index in [4.69, 9.17) is 9.47 Å². The zero-order valence-electron chi connectivity index (χ0n) is 13.1. The molecule has 4 heterocycles. The number of pyridine rings is 1. The SMILES string of the molecule is O=C(c1csc(Nc2ccccn2)n1)N1CCC2(CC1)OCCO2. The zero-order chi connectivity index (χ0) is 16.4. The highest BCUT2D eigenvalue weighted by Gasteiger charge is 2.41. The lowest BCUT2D eigenvalue weighted by atomic mass is 10.0. The Kier molecular flexibility index (Phi) is 4.17. The number of nitrogens with zero attached hydrogens (tertiary/aromatic N) is 3. The molecule has 2 fully saturated rings. The molecule has 2 aliphatic rings. The molecule has 8 heteroatoms. The van der Waals surface area contributed by atoms with E-state index in [0.29, 0.717) is 55.8 Å². The number of thiazole rings is 1. The molecule has 0 bridgehead atoms. The fraction of sp³-hybridized carbons (Fsp3) is 0.438. The van der Waals surface area contributed by atoms with Crippen LogP contribution in [0.1, 0.15) is 23.3 Å². The van der Waals surface area contributed by atoms with Gasteiger partial charge >= 0.3 is 0 Å². The number of piperidine rings is 1. The Labute approximate surface area is 143 Å². The highest BCUT2D eigenvalue weighted by atomic mass is 32.1. The number of rotatable bonds is 3. The van der Waals surface area contributed by atoms with Gasteiger partial charge in [0.2, 0.25) is 0 Å². The fourth-order valence-corrected chi connectivity index (χ4v) is 3.67. The maximum absolute atomic E-state index is 12.6. The molecule has 126 valence electrons. The molecule has 2 aromatic rings. The third-order valence-electron chi connectivity index (χ3n) is 4.25. The molecule has 0 saturated carbocycles. The first-order chi connectivity index (χ1) is 11.7. The van der Waals surface area contributed by atoms with E-state index in [1.54, 1.807) is 11.6 Å². The quantitative estimate of drug-likeness (QED) is 0.919. The lowest BCUT2D eigenvalue weighted by Gasteiger charge is -2.37. The molecule has 7 nitrogen and oxygen atoms in total. The number of amides is 1. The smallest absolute Gasteiger partial charge is 0.273 e. The van der Waals surface area contributed by atoms with Gasteiger partial charge in [-0.15, -0.1) is 11.3 Å². The van der Waals surface area contributed by atoms with E-state index < -0.39 is 5.79 Å². The second-order valence-electron chi connectivity index (χ2n) is 5.78. The summed E-state index contributed by atoms with van der Waals surface area (Å²) in [4.78, 5) is 23.0. The van der Waals surface area contributed by atoms with Crippen LogP contribution in [0.4, 0.5) is 10.9 Å². The third-order valence-corrected chi connectivity index (χ3v) is 5.01. The third kappa shape index (κ3) is 3.12. The number of ether oxygens (including phenoxy) is 2. The summed E-state index contributed by atoms with van der Waals surface area (Å²) in [5.41, 5.74) is 0.461. The number of anilines is 2. The Balaban J connectivity index is 1.38. The molecule has 0 unspecified atom stereocenters. The largest absolute Gasteiger partial charge is 0.347 e. The molecule has 1 spiro atoms. The molecule has 2 saturated heterocycles. The van der Waals surface area contributed by atoms with E-state index in [1.165, 1.54) is 11.3 Å². The summed E-state index contributed by atoms with van der Waals surface area (Å²) in [5.74, 6) is 0.194. The Morgan fingerprint density at radius 1 is 1.25 bits per heavy atom. The van der Waals surface area contributed by atoms with Crippen LogP contribution in [0, 0.1) is 0 Å². The lowest BCUT2D eigenvalue weighted by molar-refractivity contribution is -0.181. The lowest BCUT2D eigenvalue weighted by Crippen LogP contribution is -2.47. The van der Waals surface area contributed by atoms with Gasteiger partial charge in [-0.05, 0) is 12.1 Å². The number of carbonyl (C=O) groups excluding carboxylic acids is 1. The average molecular weight is 346 g/mol. The number of hydrogen-bond donors (Lipinski definition) is 1. The van der Waals surface area contributed by atoms with Crippen molar-refractivity contribution in [2.24, 2.45) is 0 Å². The average Bonchev–Trinajstić information content (AvgIpc) is 3.26. The highest BCUT2D eigenvalue weighted by molar-refractivity contribution is 7.14. The van der Waals surface area contributed by atoms with Gasteiger partial charge < -0.3 is 19.7 Å². The van der Waals surface area contributed by atoms with Crippen LogP contribution in [-0.2, 0) is 9.47 Å². The van der Waals surface area contributed by atoms with Gasteiger partial charge in [0.05, 0.1) is 13.2 Å². The van der Waals surface area contributed by atoms with E-state index in [1.807, 2.05) is 23.1 Å². The van der Waals surface area contributed by atoms with Crippen molar-refractivity contribution in [3.63, 3.8) is 0 Å². The Bertz CT molecular complexity index is 705. The van der Waals surface area contributed by atoms with E-state index in [-0.39, 0.29) is 5.91 Å². The van der Waals surface area contributed by atoms with Crippen molar-refractivity contribution >= 4 is 28.2 Å². The maximum atomic E-state index is 12.6. The van der Waals surface area contributed by atoms with Gasteiger partial charge in [-0.25, -0.2) is 9.97 Å². The molecule has 0 atom stereocenters. The summed E-state index contributed by atoms with van der Waals surface area (Å²) in [7, 11) is 0.